The third-order valence-electron chi connectivity index (χ3n) is 4.22. The Morgan fingerprint density at radius 3 is 2.50 bits per heavy atom. The van der Waals surface area contributed by atoms with Crippen LogP contribution in [0.2, 0.25) is 0 Å². The summed E-state index contributed by atoms with van der Waals surface area (Å²) in [6.07, 6.45) is -3.25. The second-order valence-electron chi connectivity index (χ2n) is 5.75. The first-order chi connectivity index (χ1) is 11.2. The van der Waals surface area contributed by atoms with Crippen molar-refractivity contribution < 1.29 is 32.6 Å². The molecular formula is C16H18F3NO4. The minimum atomic E-state index is -4.41. The van der Waals surface area contributed by atoms with Crippen molar-refractivity contribution in [1.29, 1.82) is 0 Å². The van der Waals surface area contributed by atoms with Crippen LogP contribution in [0.1, 0.15) is 36.0 Å². The lowest BCUT2D eigenvalue weighted by atomic mass is 9.78. The lowest BCUT2D eigenvalue weighted by Gasteiger charge is -2.32. The van der Waals surface area contributed by atoms with Crippen molar-refractivity contribution in [2.75, 3.05) is 12.4 Å². The van der Waals surface area contributed by atoms with E-state index in [1.54, 1.807) is 0 Å². The van der Waals surface area contributed by atoms with Gasteiger partial charge in [0.15, 0.2) is 0 Å². The number of benzene rings is 1. The molecule has 2 atom stereocenters. The number of hydrogen-bond acceptors (Lipinski definition) is 3. The zero-order valence-corrected chi connectivity index (χ0v) is 13.0. The molecule has 0 heterocycles. The van der Waals surface area contributed by atoms with Gasteiger partial charge in [-0.1, -0.05) is 12.8 Å². The average molecular weight is 345 g/mol. The maximum atomic E-state index is 13.1. The van der Waals surface area contributed by atoms with E-state index in [2.05, 4.69) is 5.32 Å². The molecule has 2 N–H and O–H groups in total. The SMILES string of the molecule is COc1cc(NC(=O)C2CCCCC2C(F)(F)F)ccc1C(=O)O. The maximum absolute atomic E-state index is 13.1. The third kappa shape index (κ3) is 3.98. The Hall–Kier alpha value is -2.25. The number of anilines is 1. The van der Waals surface area contributed by atoms with E-state index in [-0.39, 0.29) is 29.8 Å². The lowest BCUT2D eigenvalue weighted by molar-refractivity contribution is -0.197. The number of amides is 1. The molecule has 1 aliphatic carbocycles. The predicted molar refractivity (Wildman–Crippen MR) is 80.1 cm³/mol. The van der Waals surface area contributed by atoms with E-state index in [0.717, 1.165) is 0 Å². The monoisotopic (exact) mass is 345 g/mol. The van der Waals surface area contributed by atoms with Crippen molar-refractivity contribution in [3.8, 4) is 5.75 Å². The van der Waals surface area contributed by atoms with Crippen molar-refractivity contribution in [2.45, 2.75) is 31.9 Å². The van der Waals surface area contributed by atoms with Crippen LogP contribution in [0.3, 0.4) is 0 Å². The van der Waals surface area contributed by atoms with Crippen molar-refractivity contribution in [3.05, 3.63) is 23.8 Å². The van der Waals surface area contributed by atoms with Gasteiger partial charge in [0.2, 0.25) is 5.91 Å². The Labute approximate surface area is 136 Å². The van der Waals surface area contributed by atoms with Gasteiger partial charge in [-0.2, -0.15) is 13.2 Å². The molecule has 132 valence electrons. The molecule has 0 aliphatic heterocycles. The third-order valence-corrected chi connectivity index (χ3v) is 4.22. The molecule has 1 amide bonds. The summed E-state index contributed by atoms with van der Waals surface area (Å²) in [6.45, 7) is 0. The van der Waals surface area contributed by atoms with Gasteiger partial charge in [0, 0.05) is 17.7 Å². The number of carbonyl (C=O) groups excluding carboxylic acids is 1. The summed E-state index contributed by atoms with van der Waals surface area (Å²) in [4.78, 5) is 23.3. The summed E-state index contributed by atoms with van der Waals surface area (Å²) < 4.78 is 44.2. The van der Waals surface area contributed by atoms with Gasteiger partial charge in [0.05, 0.1) is 13.0 Å². The largest absolute Gasteiger partial charge is 0.496 e. The van der Waals surface area contributed by atoms with Gasteiger partial charge >= 0.3 is 12.1 Å². The number of methoxy groups -OCH3 is 1. The molecular weight excluding hydrogens is 327 g/mol. The summed E-state index contributed by atoms with van der Waals surface area (Å²) in [7, 11) is 1.27. The average Bonchev–Trinajstić information content (AvgIpc) is 2.53. The van der Waals surface area contributed by atoms with Gasteiger partial charge in [-0.15, -0.1) is 0 Å². The minimum absolute atomic E-state index is 0.0244. The molecule has 0 radical (unpaired) electrons. The molecule has 1 fully saturated rings. The van der Waals surface area contributed by atoms with Crippen molar-refractivity contribution in [1.82, 2.24) is 0 Å². The highest BCUT2D eigenvalue weighted by Crippen LogP contribution is 2.42. The predicted octanol–water partition coefficient (Wildman–Crippen LogP) is 3.70. The molecule has 1 saturated carbocycles. The Morgan fingerprint density at radius 1 is 1.25 bits per heavy atom. The van der Waals surface area contributed by atoms with E-state index in [0.29, 0.717) is 12.8 Å². The van der Waals surface area contributed by atoms with E-state index in [4.69, 9.17) is 9.84 Å². The molecule has 8 heteroatoms. The quantitative estimate of drug-likeness (QED) is 0.872. The van der Waals surface area contributed by atoms with Crippen LogP contribution < -0.4 is 10.1 Å². The summed E-state index contributed by atoms with van der Waals surface area (Å²) in [5.41, 5.74) is 0.106. The molecule has 2 unspecified atom stereocenters. The van der Waals surface area contributed by atoms with Crippen molar-refractivity contribution in [3.63, 3.8) is 0 Å². The van der Waals surface area contributed by atoms with Crippen LogP contribution in [0.5, 0.6) is 5.75 Å². The first-order valence-electron chi connectivity index (χ1n) is 7.53. The Morgan fingerprint density at radius 2 is 1.92 bits per heavy atom. The smallest absolute Gasteiger partial charge is 0.392 e. The Bertz CT molecular complexity index is 630. The number of nitrogens with one attached hydrogen (secondary N) is 1. The molecule has 0 aromatic heterocycles. The van der Waals surface area contributed by atoms with E-state index in [1.165, 1.54) is 25.3 Å². The van der Waals surface area contributed by atoms with Crippen molar-refractivity contribution in [2.24, 2.45) is 11.8 Å². The van der Waals surface area contributed by atoms with Crippen LogP contribution in [0.4, 0.5) is 18.9 Å². The fraction of sp³-hybridized carbons (Fsp3) is 0.500. The number of ether oxygens (including phenoxy) is 1. The van der Waals surface area contributed by atoms with Crippen LogP contribution in [-0.4, -0.2) is 30.3 Å². The number of alkyl halides is 3. The molecule has 2 rings (SSSR count). The second kappa shape index (κ2) is 7.11. The molecule has 1 aliphatic rings. The molecule has 5 nitrogen and oxygen atoms in total. The fourth-order valence-electron chi connectivity index (χ4n) is 3.02. The van der Waals surface area contributed by atoms with Gasteiger partial charge in [0.25, 0.3) is 0 Å². The van der Waals surface area contributed by atoms with Crippen LogP contribution >= 0.6 is 0 Å². The minimum Gasteiger partial charge on any atom is -0.496 e. The van der Waals surface area contributed by atoms with Gasteiger partial charge in [-0.3, -0.25) is 4.79 Å². The molecule has 1 aromatic carbocycles. The standard InChI is InChI=1S/C16H18F3NO4/c1-24-13-8-9(6-7-11(13)15(22)23)20-14(21)10-4-2-3-5-12(10)16(17,18)19/h6-8,10,12H,2-5H2,1H3,(H,20,21)(H,22,23). The van der Waals surface area contributed by atoms with E-state index in [9.17, 15) is 22.8 Å². The van der Waals surface area contributed by atoms with Crippen LogP contribution in [0, 0.1) is 11.8 Å². The number of hydrogen-bond donors (Lipinski definition) is 2. The highest BCUT2D eigenvalue weighted by molar-refractivity contribution is 5.95. The molecule has 1 aromatic rings. The number of carboxylic acid groups (broad SMARTS) is 1. The number of rotatable bonds is 4. The first-order valence-corrected chi connectivity index (χ1v) is 7.53. The van der Waals surface area contributed by atoms with Gasteiger partial charge in [-0.25, -0.2) is 4.79 Å². The Kier molecular flexibility index (Phi) is 5.36. The van der Waals surface area contributed by atoms with E-state index in [1.807, 2.05) is 0 Å². The molecule has 0 bridgehead atoms. The van der Waals surface area contributed by atoms with Crippen LogP contribution in [-0.2, 0) is 4.79 Å². The summed E-state index contributed by atoms with van der Waals surface area (Å²) >= 11 is 0. The molecule has 0 spiro atoms. The second-order valence-corrected chi connectivity index (χ2v) is 5.75. The summed E-state index contributed by atoms with van der Waals surface area (Å²) in [5, 5.41) is 11.4. The van der Waals surface area contributed by atoms with Crippen LogP contribution in [0.25, 0.3) is 0 Å². The number of carbonyl (C=O) groups is 2. The fourth-order valence-corrected chi connectivity index (χ4v) is 3.02. The zero-order chi connectivity index (χ0) is 17.9. The highest BCUT2D eigenvalue weighted by atomic mass is 19.4. The zero-order valence-electron chi connectivity index (χ0n) is 13.0. The normalized spacial score (nSPS) is 21.2. The highest BCUT2D eigenvalue weighted by Gasteiger charge is 2.48. The summed E-state index contributed by atoms with van der Waals surface area (Å²) in [6, 6.07) is 3.85. The first kappa shape index (κ1) is 18.1. The van der Waals surface area contributed by atoms with Gasteiger partial charge in [0.1, 0.15) is 11.3 Å². The number of halogens is 3. The Balaban J connectivity index is 2.18. The van der Waals surface area contributed by atoms with Crippen molar-refractivity contribution >= 4 is 17.6 Å². The number of carboxylic acids is 1. The van der Waals surface area contributed by atoms with Gasteiger partial charge in [-0.05, 0) is 25.0 Å². The summed E-state index contributed by atoms with van der Waals surface area (Å²) in [5.74, 6) is -4.66. The lowest BCUT2D eigenvalue weighted by Crippen LogP contribution is -2.39. The van der Waals surface area contributed by atoms with E-state index < -0.39 is 29.9 Å². The molecule has 24 heavy (non-hydrogen) atoms. The topological polar surface area (TPSA) is 75.6 Å². The van der Waals surface area contributed by atoms with Crippen LogP contribution in [0.15, 0.2) is 18.2 Å². The van der Waals surface area contributed by atoms with E-state index >= 15 is 0 Å². The molecule has 0 saturated heterocycles. The maximum Gasteiger partial charge on any atom is 0.392 e. The number of aromatic carboxylic acids is 1. The van der Waals surface area contributed by atoms with Gasteiger partial charge < -0.3 is 15.2 Å².